The number of methoxy groups -OCH3 is 2. The van der Waals surface area contributed by atoms with Crippen LogP contribution >= 0.6 is 0 Å². The Balaban J connectivity index is 1.89. The first-order valence-corrected chi connectivity index (χ1v) is 23.0. The summed E-state index contributed by atoms with van der Waals surface area (Å²) in [5, 5.41) is 47.8. The molecule has 66 heavy (non-hydrogen) atoms. The van der Waals surface area contributed by atoms with Crippen molar-refractivity contribution in [2.75, 3.05) is 14.2 Å². The SMILES string of the molecule is CCC/C=C/C=C/C(=O)OC1/C(=C/C(=O)OC)C[C@H]2C[C@H]([C@@H](C)O)OC(=O)C[C@H](O)C[C@@H]3C[C@H](OC(=O)CCC)C(C)(C)[C@](O)(C[C@@H]4C/C(=C/C(=O)OC)C[C@H](/C=C/C(C)(C)[C@]1(O)O2)O4)O3. The average molecular weight is 933 g/mol. The Hall–Kier alpha value is -4.23. The Labute approximate surface area is 388 Å². The van der Waals surface area contributed by atoms with Gasteiger partial charge in [0.05, 0.1) is 62.7 Å². The molecule has 3 saturated heterocycles. The summed E-state index contributed by atoms with van der Waals surface area (Å²) < 4.78 is 47.1. The third-order valence-corrected chi connectivity index (χ3v) is 12.8. The maximum absolute atomic E-state index is 13.5. The normalized spacial score (nSPS) is 35.1. The first kappa shape index (κ1) is 54.4. The van der Waals surface area contributed by atoms with Crippen molar-refractivity contribution < 1.29 is 82.3 Å². The zero-order chi connectivity index (χ0) is 49.0. The second-order valence-electron chi connectivity index (χ2n) is 18.9. The number of esters is 5. The number of hydrogen-bond acceptors (Lipinski definition) is 17. The summed E-state index contributed by atoms with van der Waals surface area (Å²) in [6.07, 6.45) is 3.27. The third-order valence-electron chi connectivity index (χ3n) is 12.8. The highest BCUT2D eigenvalue weighted by Gasteiger charge is 2.59. The molecule has 0 aromatic rings. The molecule has 0 spiro atoms. The molecule has 4 aliphatic rings. The molecule has 0 amide bonds. The van der Waals surface area contributed by atoms with E-state index in [-0.39, 0.29) is 56.9 Å². The number of rotatable bonds is 11. The third kappa shape index (κ3) is 14.2. The fourth-order valence-electron chi connectivity index (χ4n) is 8.79. The number of allylic oxidation sites excluding steroid dienone is 3. The summed E-state index contributed by atoms with van der Waals surface area (Å²) >= 11 is 0. The minimum absolute atomic E-state index is 0.0819. The van der Waals surface area contributed by atoms with Crippen molar-refractivity contribution >= 4 is 29.8 Å². The smallest absolute Gasteiger partial charge is 0.331 e. The number of ether oxygens (including phenoxy) is 8. The zero-order valence-electron chi connectivity index (χ0n) is 39.9. The van der Waals surface area contributed by atoms with E-state index >= 15 is 0 Å². The van der Waals surface area contributed by atoms with Crippen LogP contribution in [-0.4, -0.2) is 131 Å². The van der Waals surface area contributed by atoms with Crippen molar-refractivity contribution in [3.8, 4) is 0 Å². The highest BCUT2D eigenvalue weighted by molar-refractivity contribution is 5.85. The van der Waals surface area contributed by atoms with Crippen LogP contribution in [0.5, 0.6) is 0 Å². The molecule has 1 unspecified atom stereocenters. The molecule has 4 N–H and O–H groups in total. The van der Waals surface area contributed by atoms with Gasteiger partial charge in [0.1, 0.15) is 12.2 Å². The van der Waals surface area contributed by atoms with Crippen LogP contribution in [0.25, 0.3) is 0 Å². The van der Waals surface area contributed by atoms with E-state index in [0.29, 0.717) is 12.0 Å². The van der Waals surface area contributed by atoms with Gasteiger partial charge in [-0.2, -0.15) is 0 Å². The Morgan fingerprint density at radius 1 is 0.848 bits per heavy atom. The van der Waals surface area contributed by atoms with E-state index in [1.807, 2.05) is 19.9 Å². The summed E-state index contributed by atoms with van der Waals surface area (Å²) in [6, 6.07) is 0. The van der Waals surface area contributed by atoms with E-state index in [1.165, 1.54) is 32.3 Å². The maximum atomic E-state index is 13.5. The number of carbonyl (C=O) groups excluding carboxylic acids is 5. The van der Waals surface area contributed by atoms with Crippen molar-refractivity contribution in [2.45, 2.75) is 192 Å². The summed E-state index contributed by atoms with van der Waals surface area (Å²) in [5.41, 5.74) is -2.05. The minimum Gasteiger partial charge on any atom is -0.466 e. The Bertz CT molecular complexity index is 1860. The van der Waals surface area contributed by atoms with E-state index in [1.54, 1.807) is 45.9 Å². The van der Waals surface area contributed by atoms with Gasteiger partial charge in [0.15, 0.2) is 11.9 Å². The van der Waals surface area contributed by atoms with Gasteiger partial charge < -0.3 is 58.3 Å². The van der Waals surface area contributed by atoms with Crippen molar-refractivity contribution in [1.29, 1.82) is 0 Å². The Kier molecular flexibility index (Phi) is 19.5. The maximum Gasteiger partial charge on any atom is 0.331 e. The number of cyclic esters (lactones) is 1. The van der Waals surface area contributed by atoms with Crippen molar-refractivity contribution in [1.82, 2.24) is 0 Å². The molecular formula is C49H72O17. The lowest BCUT2D eigenvalue weighted by Gasteiger charge is -2.53. The molecule has 0 saturated carbocycles. The predicted molar refractivity (Wildman–Crippen MR) is 238 cm³/mol. The van der Waals surface area contributed by atoms with Crippen LogP contribution in [0.2, 0.25) is 0 Å². The van der Waals surface area contributed by atoms with E-state index in [4.69, 9.17) is 37.9 Å². The first-order valence-electron chi connectivity index (χ1n) is 23.0. The van der Waals surface area contributed by atoms with Gasteiger partial charge in [-0.3, -0.25) is 9.59 Å². The summed E-state index contributed by atoms with van der Waals surface area (Å²) in [6.45, 7) is 11.9. The molecule has 6 bridgehead atoms. The van der Waals surface area contributed by atoms with Crippen molar-refractivity contribution in [3.05, 3.63) is 59.8 Å². The Morgan fingerprint density at radius 2 is 1.55 bits per heavy atom. The molecule has 370 valence electrons. The van der Waals surface area contributed by atoms with E-state index < -0.39 is 114 Å². The highest BCUT2D eigenvalue weighted by Crippen LogP contribution is 2.50. The van der Waals surface area contributed by atoms with Crippen LogP contribution in [0.15, 0.2) is 59.8 Å². The predicted octanol–water partition coefficient (Wildman–Crippen LogP) is 5.06. The number of carbonyl (C=O) groups is 5. The van der Waals surface area contributed by atoms with Crippen LogP contribution in [0, 0.1) is 10.8 Å². The zero-order valence-corrected chi connectivity index (χ0v) is 39.9. The van der Waals surface area contributed by atoms with Gasteiger partial charge in [0.25, 0.3) is 0 Å². The number of aliphatic hydroxyl groups is 4. The van der Waals surface area contributed by atoms with Crippen LogP contribution in [0.3, 0.4) is 0 Å². The number of fused-ring (bicyclic) bond motifs is 6. The standard InChI is InChI=1S/C49H72O17/c1-10-12-13-14-15-17-41(53)64-45-32(24-43(55)60-9)23-35-27-38(30(3)50)62-44(56)26-33(51)25-36-28-39(63-40(52)16-11-2)47(6,7)48(57,65-36)29-37-21-31(22-42(54)59-8)20-34(61-37)18-19-46(4,5)49(45,58)66-35/h13-15,17-19,22,24,30,33-39,45,50-51,57-58H,10-12,16,20-21,23,25-29H2,1-9H3/b14-13+,17-15+,19-18+,31-22+,32-24+/t30-,33-,34+,35+,36-,37+,38-,39+,45?,48+,49-/m1/s1. The number of unbranched alkanes of at least 4 members (excludes halogenated alkanes) is 1. The summed E-state index contributed by atoms with van der Waals surface area (Å²) in [5.74, 6) is -8.19. The van der Waals surface area contributed by atoms with Gasteiger partial charge in [0.2, 0.25) is 5.79 Å². The molecular weight excluding hydrogens is 861 g/mol. The van der Waals surface area contributed by atoms with Gasteiger partial charge in [-0.05, 0) is 44.6 Å². The molecule has 17 nitrogen and oxygen atoms in total. The first-order chi connectivity index (χ1) is 31.0. The van der Waals surface area contributed by atoms with E-state index in [9.17, 15) is 44.4 Å². The molecule has 4 rings (SSSR count). The molecule has 17 heteroatoms. The van der Waals surface area contributed by atoms with Crippen LogP contribution < -0.4 is 0 Å². The monoisotopic (exact) mass is 932 g/mol. The quantitative estimate of drug-likeness (QED) is 0.0696. The molecule has 0 aliphatic carbocycles. The van der Waals surface area contributed by atoms with Gasteiger partial charge in [0, 0.05) is 55.7 Å². The molecule has 11 atom stereocenters. The minimum atomic E-state index is -2.47. The lowest BCUT2D eigenvalue weighted by molar-refractivity contribution is -0.348. The highest BCUT2D eigenvalue weighted by atomic mass is 16.7. The number of aliphatic hydroxyl groups excluding tert-OH is 2. The largest absolute Gasteiger partial charge is 0.466 e. The van der Waals surface area contributed by atoms with Crippen molar-refractivity contribution in [2.24, 2.45) is 10.8 Å². The molecule has 0 aromatic heterocycles. The fraction of sp³-hybridized carbons (Fsp3) is 0.694. The van der Waals surface area contributed by atoms with E-state index in [2.05, 4.69) is 0 Å². The summed E-state index contributed by atoms with van der Waals surface area (Å²) in [7, 11) is 2.41. The van der Waals surface area contributed by atoms with Crippen LogP contribution in [-0.2, 0) is 61.9 Å². The molecule has 4 aliphatic heterocycles. The summed E-state index contributed by atoms with van der Waals surface area (Å²) in [4.78, 5) is 65.4. The van der Waals surface area contributed by atoms with Gasteiger partial charge in [-0.15, -0.1) is 0 Å². The second-order valence-corrected chi connectivity index (χ2v) is 18.9. The molecule has 3 fully saturated rings. The lowest BCUT2D eigenvalue weighted by atomic mass is 9.70. The average Bonchev–Trinajstić information content (AvgIpc) is 3.22. The molecule has 0 aromatic carbocycles. The second kappa shape index (κ2) is 23.7. The topological polar surface area (TPSA) is 240 Å². The lowest BCUT2D eigenvalue weighted by Crippen LogP contribution is -2.62. The Morgan fingerprint density at radius 3 is 2.20 bits per heavy atom. The fourth-order valence-corrected chi connectivity index (χ4v) is 8.79. The van der Waals surface area contributed by atoms with Gasteiger partial charge in [-0.25, -0.2) is 14.4 Å². The van der Waals surface area contributed by atoms with Crippen molar-refractivity contribution in [3.63, 3.8) is 0 Å². The van der Waals surface area contributed by atoms with Gasteiger partial charge >= 0.3 is 29.8 Å². The van der Waals surface area contributed by atoms with Gasteiger partial charge in [-0.1, -0.05) is 83.9 Å². The molecule has 0 radical (unpaired) electrons. The number of hydrogen-bond donors (Lipinski definition) is 4. The van der Waals surface area contributed by atoms with E-state index in [0.717, 1.165) is 26.0 Å². The van der Waals surface area contributed by atoms with Crippen LogP contribution in [0.1, 0.15) is 126 Å². The molecule has 4 heterocycles. The van der Waals surface area contributed by atoms with Crippen LogP contribution in [0.4, 0.5) is 0 Å².